The number of aryl methyl sites for hydroxylation is 1. The van der Waals surface area contributed by atoms with Crippen molar-refractivity contribution in [1.82, 2.24) is 0 Å². The molecule has 1 fully saturated rings. The zero-order valence-corrected chi connectivity index (χ0v) is 14.0. The third-order valence-electron chi connectivity index (χ3n) is 3.72. The van der Waals surface area contributed by atoms with Crippen molar-refractivity contribution in [2.45, 2.75) is 44.6 Å². The summed E-state index contributed by atoms with van der Waals surface area (Å²) in [7, 11) is 1.70. The number of ether oxygens (including phenoxy) is 2. The molecule has 4 heteroatoms. The van der Waals surface area contributed by atoms with Crippen LogP contribution in [0.25, 0.3) is 0 Å². The van der Waals surface area contributed by atoms with Crippen molar-refractivity contribution in [1.29, 1.82) is 0 Å². The summed E-state index contributed by atoms with van der Waals surface area (Å²) in [6.45, 7) is 4.98. The summed E-state index contributed by atoms with van der Waals surface area (Å²) in [4.78, 5) is 0. The molecule has 0 spiro atoms. The number of hydrogen-bond acceptors (Lipinski definition) is 2. The number of benzene rings is 1. The summed E-state index contributed by atoms with van der Waals surface area (Å²) in [5, 5.41) is -0.0748. The van der Waals surface area contributed by atoms with E-state index in [1.807, 2.05) is 6.92 Å². The molecule has 2 atom stereocenters. The summed E-state index contributed by atoms with van der Waals surface area (Å²) in [5.41, 5.74) is 3.35. The fourth-order valence-electron chi connectivity index (χ4n) is 2.70. The summed E-state index contributed by atoms with van der Waals surface area (Å²) >= 11 is 10.2. The molecule has 0 N–H and O–H groups in total. The topological polar surface area (TPSA) is 18.5 Å². The Morgan fingerprint density at radius 1 is 1.53 bits per heavy atom. The summed E-state index contributed by atoms with van der Waals surface area (Å²) in [5.74, 6) is 0.902. The molecule has 0 amide bonds. The highest BCUT2D eigenvalue weighted by Crippen LogP contribution is 2.41. The highest BCUT2D eigenvalue weighted by Gasteiger charge is 2.25. The van der Waals surface area contributed by atoms with Crippen LogP contribution in [0.1, 0.15) is 41.3 Å². The van der Waals surface area contributed by atoms with Crippen molar-refractivity contribution >= 4 is 27.5 Å². The first-order valence-corrected chi connectivity index (χ1v) is 7.86. The van der Waals surface area contributed by atoms with Crippen molar-refractivity contribution in [3.8, 4) is 5.75 Å². The first kappa shape index (κ1) is 15.1. The lowest BCUT2D eigenvalue weighted by Crippen LogP contribution is -2.10. The van der Waals surface area contributed by atoms with E-state index in [4.69, 9.17) is 21.1 Å². The molecule has 1 aromatic rings. The quantitative estimate of drug-likeness (QED) is 0.719. The third-order valence-corrected chi connectivity index (χ3v) is 4.94. The average Bonchev–Trinajstić information content (AvgIpc) is 2.85. The lowest BCUT2D eigenvalue weighted by molar-refractivity contribution is 0.103. The molecule has 1 aliphatic heterocycles. The van der Waals surface area contributed by atoms with Gasteiger partial charge in [0.1, 0.15) is 5.75 Å². The Morgan fingerprint density at radius 2 is 2.26 bits per heavy atom. The van der Waals surface area contributed by atoms with Crippen molar-refractivity contribution in [3.63, 3.8) is 0 Å². The molecular formula is C15H20BrClO2. The molecule has 1 heterocycles. The maximum Gasteiger partial charge on any atom is 0.126 e. The lowest BCUT2D eigenvalue weighted by Gasteiger charge is -2.21. The van der Waals surface area contributed by atoms with Gasteiger partial charge in [-0.3, -0.25) is 0 Å². The summed E-state index contributed by atoms with van der Waals surface area (Å²) in [6, 6.07) is 2.08. The third kappa shape index (κ3) is 3.26. The fraction of sp³-hybridized carbons (Fsp3) is 0.600. The SMILES string of the molecule is COc1c(C)cc(Br)c(C)c1C(Cl)CC1CCCO1. The van der Waals surface area contributed by atoms with E-state index in [9.17, 15) is 0 Å². The van der Waals surface area contributed by atoms with Crippen LogP contribution in [-0.2, 0) is 4.74 Å². The van der Waals surface area contributed by atoms with E-state index in [1.165, 1.54) is 0 Å². The second-order valence-electron chi connectivity index (χ2n) is 5.09. The van der Waals surface area contributed by atoms with Gasteiger partial charge < -0.3 is 9.47 Å². The molecule has 19 heavy (non-hydrogen) atoms. The molecule has 2 unspecified atom stereocenters. The van der Waals surface area contributed by atoms with Gasteiger partial charge in [-0.2, -0.15) is 0 Å². The standard InChI is InChI=1S/C15H20BrClO2/c1-9-7-12(16)10(2)14(15(9)18-3)13(17)8-11-5-4-6-19-11/h7,11,13H,4-6,8H2,1-3H3. The highest BCUT2D eigenvalue weighted by atomic mass is 79.9. The number of alkyl halides is 1. The Hall–Kier alpha value is -0.250. The molecule has 0 aromatic heterocycles. The zero-order valence-electron chi connectivity index (χ0n) is 11.6. The molecule has 1 saturated heterocycles. The van der Waals surface area contributed by atoms with E-state index in [0.717, 1.165) is 52.8 Å². The second-order valence-corrected chi connectivity index (χ2v) is 6.47. The predicted octanol–water partition coefficient (Wildman–Crippen LogP) is 4.92. The van der Waals surface area contributed by atoms with Crippen molar-refractivity contribution < 1.29 is 9.47 Å². The Morgan fingerprint density at radius 3 is 2.84 bits per heavy atom. The maximum atomic E-state index is 6.64. The van der Waals surface area contributed by atoms with Gasteiger partial charge in [0.15, 0.2) is 0 Å². The lowest BCUT2D eigenvalue weighted by atomic mass is 9.97. The number of methoxy groups -OCH3 is 1. The van der Waals surface area contributed by atoms with Crippen LogP contribution in [0.2, 0.25) is 0 Å². The summed E-state index contributed by atoms with van der Waals surface area (Å²) < 4.78 is 12.3. The van der Waals surface area contributed by atoms with Crippen molar-refractivity contribution in [2.75, 3.05) is 13.7 Å². The average molecular weight is 348 g/mol. The van der Waals surface area contributed by atoms with Gasteiger partial charge in [-0.05, 0) is 50.3 Å². The minimum Gasteiger partial charge on any atom is -0.496 e. The normalized spacial score (nSPS) is 20.6. The van der Waals surface area contributed by atoms with Gasteiger partial charge in [0.2, 0.25) is 0 Å². The Kier molecular flexibility index (Phi) is 5.15. The first-order valence-electron chi connectivity index (χ1n) is 6.63. The van der Waals surface area contributed by atoms with Crippen LogP contribution in [0.5, 0.6) is 5.75 Å². The van der Waals surface area contributed by atoms with Gasteiger partial charge in [0.25, 0.3) is 0 Å². The van der Waals surface area contributed by atoms with Crippen LogP contribution < -0.4 is 4.74 Å². The van der Waals surface area contributed by atoms with Crippen LogP contribution >= 0.6 is 27.5 Å². The molecule has 0 bridgehead atoms. The van der Waals surface area contributed by atoms with Gasteiger partial charge in [0.05, 0.1) is 18.6 Å². The molecule has 0 radical (unpaired) electrons. The minimum atomic E-state index is -0.0748. The number of hydrogen-bond donors (Lipinski definition) is 0. The van der Waals surface area contributed by atoms with Gasteiger partial charge in [-0.15, -0.1) is 11.6 Å². The van der Waals surface area contributed by atoms with E-state index in [-0.39, 0.29) is 11.5 Å². The van der Waals surface area contributed by atoms with Crippen LogP contribution in [0.3, 0.4) is 0 Å². The largest absolute Gasteiger partial charge is 0.496 e. The molecule has 2 rings (SSSR count). The molecule has 1 aliphatic rings. The van der Waals surface area contributed by atoms with Crippen LogP contribution in [0.4, 0.5) is 0 Å². The van der Waals surface area contributed by atoms with E-state index in [1.54, 1.807) is 7.11 Å². The van der Waals surface area contributed by atoms with Crippen LogP contribution in [0, 0.1) is 13.8 Å². The van der Waals surface area contributed by atoms with E-state index in [0.29, 0.717) is 0 Å². The number of halogens is 2. The maximum absolute atomic E-state index is 6.64. The van der Waals surface area contributed by atoms with Crippen LogP contribution in [0.15, 0.2) is 10.5 Å². The monoisotopic (exact) mass is 346 g/mol. The minimum absolute atomic E-state index is 0.0748. The Balaban J connectivity index is 2.30. The van der Waals surface area contributed by atoms with Crippen LogP contribution in [-0.4, -0.2) is 19.8 Å². The van der Waals surface area contributed by atoms with Gasteiger partial charge in [-0.25, -0.2) is 0 Å². The Bertz CT molecular complexity index is 456. The molecule has 1 aromatic carbocycles. The predicted molar refractivity (Wildman–Crippen MR) is 82.4 cm³/mol. The van der Waals surface area contributed by atoms with E-state index >= 15 is 0 Å². The van der Waals surface area contributed by atoms with Gasteiger partial charge >= 0.3 is 0 Å². The molecule has 0 aliphatic carbocycles. The number of rotatable bonds is 4. The first-order chi connectivity index (χ1) is 9.04. The zero-order chi connectivity index (χ0) is 14.0. The molecular weight excluding hydrogens is 328 g/mol. The van der Waals surface area contributed by atoms with Gasteiger partial charge in [0, 0.05) is 16.6 Å². The van der Waals surface area contributed by atoms with Crippen molar-refractivity contribution in [3.05, 3.63) is 27.2 Å². The highest BCUT2D eigenvalue weighted by molar-refractivity contribution is 9.10. The van der Waals surface area contributed by atoms with E-state index in [2.05, 4.69) is 28.9 Å². The van der Waals surface area contributed by atoms with Gasteiger partial charge in [-0.1, -0.05) is 15.9 Å². The fourth-order valence-corrected chi connectivity index (χ4v) is 3.72. The smallest absolute Gasteiger partial charge is 0.126 e. The second kappa shape index (κ2) is 6.47. The van der Waals surface area contributed by atoms with Crippen molar-refractivity contribution in [2.24, 2.45) is 0 Å². The Labute approximate surface area is 128 Å². The summed E-state index contributed by atoms with van der Waals surface area (Å²) in [6.07, 6.45) is 3.37. The molecule has 106 valence electrons. The molecule has 0 saturated carbocycles. The van der Waals surface area contributed by atoms with E-state index < -0.39 is 0 Å². The molecule has 2 nitrogen and oxygen atoms in total.